The molecular weight excluding hydrogens is 288 g/mol. The van der Waals surface area contributed by atoms with Gasteiger partial charge in [0, 0.05) is 17.9 Å². The van der Waals surface area contributed by atoms with E-state index in [1.165, 1.54) is 5.56 Å². The predicted molar refractivity (Wildman–Crippen MR) is 73.4 cm³/mol. The lowest BCUT2D eigenvalue weighted by atomic mass is 9.78. The number of hydrogen-bond acceptors (Lipinski definition) is 1. The standard InChI is InChI=1S/C12H20BrClN2/c1-8-10(11(14)16(5)15-8)6-9(7-13)12(2,3)4/h9H,6-7H2,1-5H3. The summed E-state index contributed by atoms with van der Waals surface area (Å²) in [7, 11) is 1.89. The lowest BCUT2D eigenvalue weighted by Gasteiger charge is -2.29. The highest BCUT2D eigenvalue weighted by molar-refractivity contribution is 9.09. The summed E-state index contributed by atoms with van der Waals surface area (Å²) < 4.78 is 1.75. The van der Waals surface area contributed by atoms with Gasteiger partial charge in [0.15, 0.2) is 0 Å². The van der Waals surface area contributed by atoms with Crippen molar-refractivity contribution in [1.82, 2.24) is 9.78 Å². The topological polar surface area (TPSA) is 17.8 Å². The second-order valence-electron chi connectivity index (χ2n) is 5.40. The summed E-state index contributed by atoms with van der Waals surface area (Å²) in [6.45, 7) is 8.81. The summed E-state index contributed by atoms with van der Waals surface area (Å²) in [6, 6.07) is 0. The largest absolute Gasteiger partial charge is 0.257 e. The Labute approximate surface area is 111 Å². The average molecular weight is 308 g/mol. The monoisotopic (exact) mass is 306 g/mol. The Morgan fingerprint density at radius 3 is 2.31 bits per heavy atom. The Kier molecular flexibility index (Phi) is 4.47. The molecule has 0 N–H and O–H groups in total. The van der Waals surface area contributed by atoms with Crippen LogP contribution in [0.5, 0.6) is 0 Å². The minimum atomic E-state index is 0.273. The highest BCUT2D eigenvalue weighted by atomic mass is 79.9. The van der Waals surface area contributed by atoms with Crippen molar-refractivity contribution >= 4 is 27.5 Å². The third kappa shape index (κ3) is 3.01. The highest BCUT2D eigenvalue weighted by Crippen LogP contribution is 2.33. The van der Waals surface area contributed by atoms with Crippen molar-refractivity contribution in [1.29, 1.82) is 0 Å². The summed E-state index contributed by atoms with van der Waals surface area (Å²) >= 11 is 9.85. The zero-order valence-corrected chi connectivity index (χ0v) is 13.0. The van der Waals surface area contributed by atoms with Gasteiger partial charge in [-0.15, -0.1) is 0 Å². The molecule has 0 amide bonds. The van der Waals surface area contributed by atoms with Crippen molar-refractivity contribution in [3.63, 3.8) is 0 Å². The zero-order valence-electron chi connectivity index (χ0n) is 10.6. The maximum atomic E-state index is 6.25. The molecule has 16 heavy (non-hydrogen) atoms. The molecule has 92 valence electrons. The lowest BCUT2D eigenvalue weighted by Crippen LogP contribution is -2.24. The molecule has 4 heteroatoms. The van der Waals surface area contributed by atoms with Gasteiger partial charge in [0.25, 0.3) is 0 Å². The second kappa shape index (κ2) is 5.09. The summed E-state index contributed by atoms with van der Waals surface area (Å²) in [4.78, 5) is 0. The van der Waals surface area contributed by atoms with Gasteiger partial charge in [-0.3, -0.25) is 4.68 Å². The van der Waals surface area contributed by atoms with Gasteiger partial charge >= 0.3 is 0 Å². The van der Waals surface area contributed by atoms with Crippen LogP contribution in [0.15, 0.2) is 0 Å². The zero-order chi connectivity index (χ0) is 12.5. The molecule has 0 fully saturated rings. The van der Waals surface area contributed by atoms with Crippen LogP contribution >= 0.6 is 27.5 Å². The summed E-state index contributed by atoms with van der Waals surface area (Å²) in [5, 5.41) is 6.11. The Hall–Kier alpha value is -0.0200. The highest BCUT2D eigenvalue weighted by Gasteiger charge is 2.26. The van der Waals surface area contributed by atoms with Crippen LogP contribution in [0.2, 0.25) is 5.15 Å². The summed E-state index contributed by atoms with van der Waals surface area (Å²) in [5.74, 6) is 0.563. The van der Waals surface area contributed by atoms with Gasteiger partial charge in [0.05, 0.1) is 5.69 Å². The minimum Gasteiger partial charge on any atom is -0.257 e. The molecular formula is C12H20BrClN2. The van der Waals surface area contributed by atoms with Gasteiger partial charge in [-0.25, -0.2) is 0 Å². The van der Waals surface area contributed by atoms with Gasteiger partial charge in [0.1, 0.15) is 5.15 Å². The van der Waals surface area contributed by atoms with Crippen molar-refractivity contribution < 1.29 is 0 Å². The number of nitrogens with zero attached hydrogens (tertiary/aromatic N) is 2. The number of aryl methyl sites for hydroxylation is 2. The van der Waals surface area contributed by atoms with Crippen LogP contribution in [0, 0.1) is 18.3 Å². The van der Waals surface area contributed by atoms with Crippen molar-refractivity contribution in [2.24, 2.45) is 18.4 Å². The number of aromatic nitrogens is 2. The van der Waals surface area contributed by atoms with Gasteiger partial charge in [-0.1, -0.05) is 48.3 Å². The van der Waals surface area contributed by atoms with E-state index in [-0.39, 0.29) is 5.41 Å². The molecule has 1 atom stereocenters. The van der Waals surface area contributed by atoms with Gasteiger partial charge in [0.2, 0.25) is 0 Å². The fraction of sp³-hybridized carbons (Fsp3) is 0.750. The second-order valence-corrected chi connectivity index (χ2v) is 6.41. The third-order valence-corrected chi connectivity index (χ3v) is 4.39. The van der Waals surface area contributed by atoms with Crippen LogP contribution in [0.1, 0.15) is 32.0 Å². The Morgan fingerprint density at radius 2 is 2.00 bits per heavy atom. The summed E-state index contributed by atoms with van der Waals surface area (Å²) in [6.07, 6.45) is 0.979. The molecule has 1 heterocycles. The van der Waals surface area contributed by atoms with Crippen LogP contribution in [-0.2, 0) is 13.5 Å². The molecule has 1 aromatic heterocycles. The van der Waals surface area contributed by atoms with E-state index in [4.69, 9.17) is 11.6 Å². The fourth-order valence-corrected chi connectivity index (χ4v) is 3.20. The molecule has 0 saturated heterocycles. The Morgan fingerprint density at radius 1 is 1.44 bits per heavy atom. The third-order valence-electron chi connectivity index (χ3n) is 3.13. The fourth-order valence-electron chi connectivity index (χ4n) is 1.74. The molecule has 0 aliphatic rings. The number of halogens is 2. The van der Waals surface area contributed by atoms with E-state index >= 15 is 0 Å². The maximum Gasteiger partial charge on any atom is 0.130 e. The molecule has 0 spiro atoms. The average Bonchev–Trinajstić information content (AvgIpc) is 2.37. The van der Waals surface area contributed by atoms with Crippen LogP contribution in [0.3, 0.4) is 0 Å². The van der Waals surface area contributed by atoms with Crippen molar-refractivity contribution in [3.8, 4) is 0 Å². The Balaban J connectivity index is 2.95. The van der Waals surface area contributed by atoms with Crippen molar-refractivity contribution in [3.05, 3.63) is 16.4 Å². The molecule has 0 aliphatic heterocycles. The lowest BCUT2D eigenvalue weighted by molar-refractivity contribution is 0.266. The normalized spacial score (nSPS) is 14.2. The first-order valence-corrected chi connectivity index (χ1v) is 7.01. The van der Waals surface area contributed by atoms with Gasteiger partial charge in [-0.2, -0.15) is 5.10 Å². The molecule has 0 aromatic carbocycles. The first-order valence-electron chi connectivity index (χ1n) is 5.51. The summed E-state index contributed by atoms with van der Waals surface area (Å²) in [5.41, 5.74) is 2.50. The molecule has 0 radical (unpaired) electrons. The predicted octanol–water partition coefficient (Wildman–Crippen LogP) is 3.98. The molecule has 0 bridgehead atoms. The van der Waals surface area contributed by atoms with Crippen LogP contribution in [0.4, 0.5) is 0 Å². The number of hydrogen-bond donors (Lipinski definition) is 0. The molecule has 0 saturated carbocycles. The molecule has 2 nitrogen and oxygen atoms in total. The number of alkyl halides is 1. The van der Waals surface area contributed by atoms with Crippen LogP contribution in [0.25, 0.3) is 0 Å². The first kappa shape index (κ1) is 14.0. The van der Waals surface area contributed by atoms with Gasteiger partial charge in [-0.05, 0) is 24.7 Å². The molecule has 1 rings (SSSR count). The van der Waals surface area contributed by atoms with E-state index in [9.17, 15) is 0 Å². The van der Waals surface area contributed by atoms with E-state index < -0.39 is 0 Å². The van der Waals surface area contributed by atoms with Crippen LogP contribution in [-0.4, -0.2) is 15.1 Å². The smallest absolute Gasteiger partial charge is 0.130 e. The van der Waals surface area contributed by atoms with E-state index in [0.717, 1.165) is 22.6 Å². The SMILES string of the molecule is Cc1nn(C)c(Cl)c1CC(CBr)C(C)(C)C. The van der Waals surface area contributed by atoms with Crippen molar-refractivity contribution in [2.75, 3.05) is 5.33 Å². The molecule has 0 aliphatic carbocycles. The number of rotatable bonds is 3. The van der Waals surface area contributed by atoms with E-state index in [0.29, 0.717) is 5.92 Å². The van der Waals surface area contributed by atoms with E-state index in [1.54, 1.807) is 4.68 Å². The molecule has 1 unspecified atom stereocenters. The van der Waals surface area contributed by atoms with Crippen molar-refractivity contribution in [2.45, 2.75) is 34.1 Å². The maximum absolute atomic E-state index is 6.25. The van der Waals surface area contributed by atoms with Gasteiger partial charge < -0.3 is 0 Å². The quantitative estimate of drug-likeness (QED) is 0.772. The first-order chi connectivity index (χ1) is 7.27. The molecule has 1 aromatic rings. The van der Waals surface area contributed by atoms with E-state index in [2.05, 4.69) is 41.8 Å². The van der Waals surface area contributed by atoms with E-state index in [1.807, 2.05) is 14.0 Å². The Bertz CT molecular complexity index is 366. The minimum absolute atomic E-state index is 0.273. The van der Waals surface area contributed by atoms with Crippen LogP contribution < -0.4 is 0 Å².